The van der Waals surface area contributed by atoms with Crippen molar-refractivity contribution in [1.82, 2.24) is 0 Å². The molecule has 0 aliphatic carbocycles. The van der Waals surface area contributed by atoms with Gasteiger partial charge in [0.15, 0.2) is 0 Å². The molecule has 0 fully saturated rings. The van der Waals surface area contributed by atoms with E-state index in [0.717, 1.165) is 22.7 Å². The van der Waals surface area contributed by atoms with Crippen LogP contribution in [0.15, 0.2) is 59.8 Å². The minimum absolute atomic E-state index is 0.108. The molecule has 0 spiro atoms. The highest BCUT2D eigenvalue weighted by molar-refractivity contribution is 6.06. The molecule has 0 saturated carbocycles. The van der Waals surface area contributed by atoms with Crippen LogP contribution in [0.5, 0.6) is 5.75 Å². The zero-order valence-corrected chi connectivity index (χ0v) is 13.1. The fraction of sp³-hybridized carbons (Fsp3) is 0.222. The predicted molar refractivity (Wildman–Crippen MR) is 88.9 cm³/mol. The number of carbonyl (C=O) groups is 1. The van der Waals surface area contributed by atoms with E-state index in [-0.39, 0.29) is 5.91 Å². The smallest absolute Gasteiger partial charge is 0.271 e. The lowest BCUT2D eigenvalue weighted by molar-refractivity contribution is -0.128. The maximum Gasteiger partial charge on any atom is 0.271 e. The van der Waals surface area contributed by atoms with Crippen molar-refractivity contribution in [2.75, 3.05) is 19.1 Å². The number of anilines is 1. The molecule has 0 bridgehead atoms. The van der Waals surface area contributed by atoms with Crippen LogP contribution in [0.1, 0.15) is 12.0 Å². The Bertz CT molecular complexity index is 711. The van der Waals surface area contributed by atoms with E-state index in [1.807, 2.05) is 54.6 Å². The molecule has 1 aliphatic rings. The van der Waals surface area contributed by atoms with Gasteiger partial charge in [-0.25, -0.2) is 0 Å². The Morgan fingerprint density at radius 1 is 1.17 bits per heavy atom. The van der Waals surface area contributed by atoms with E-state index in [0.29, 0.717) is 6.42 Å². The Balaban J connectivity index is 1.67. The summed E-state index contributed by atoms with van der Waals surface area (Å²) in [5.41, 5.74) is 2.54. The molecule has 1 aliphatic heterocycles. The Morgan fingerprint density at radius 3 is 2.52 bits per heavy atom. The molecule has 1 atom stereocenters. The number of methoxy groups -OCH3 is 1. The van der Waals surface area contributed by atoms with Crippen LogP contribution in [0.3, 0.4) is 0 Å². The largest absolute Gasteiger partial charge is 0.497 e. The van der Waals surface area contributed by atoms with Crippen LogP contribution in [-0.2, 0) is 9.63 Å². The van der Waals surface area contributed by atoms with Gasteiger partial charge >= 0.3 is 0 Å². The number of amides is 1. The normalized spacial score (nSPS) is 16.4. The number of nitrogens with zero attached hydrogens (tertiary/aromatic N) is 2. The van der Waals surface area contributed by atoms with Gasteiger partial charge in [-0.3, -0.25) is 4.79 Å². The first-order valence-electron chi connectivity index (χ1n) is 7.39. The fourth-order valence-electron chi connectivity index (χ4n) is 2.46. The van der Waals surface area contributed by atoms with Crippen LogP contribution >= 0.6 is 0 Å². The van der Waals surface area contributed by atoms with E-state index >= 15 is 0 Å². The summed E-state index contributed by atoms with van der Waals surface area (Å²) in [7, 11) is 3.37. The van der Waals surface area contributed by atoms with Crippen molar-refractivity contribution in [1.29, 1.82) is 0 Å². The molecule has 0 saturated heterocycles. The quantitative estimate of drug-likeness (QED) is 0.872. The van der Waals surface area contributed by atoms with E-state index < -0.39 is 6.10 Å². The Kier molecular flexibility index (Phi) is 4.28. The van der Waals surface area contributed by atoms with Crippen molar-refractivity contribution >= 4 is 17.3 Å². The lowest BCUT2D eigenvalue weighted by atomic mass is 10.0. The maximum absolute atomic E-state index is 12.5. The molecule has 1 heterocycles. The van der Waals surface area contributed by atoms with Crippen molar-refractivity contribution in [2.45, 2.75) is 12.5 Å². The molecule has 0 radical (unpaired) electrons. The average Bonchev–Trinajstić information content (AvgIpc) is 3.11. The fourth-order valence-corrected chi connectivity index (χ4v) is 2.46. The summed E-state index contributed by atoms with van der Waals surface area (Å²) in [6, 6.07) is 17.0. The number of benzene rings is 2. The molecule has 118 valence electrons. The lowest BCUT2D eigenvalue weighted by Gasteiger charge is -2.19. The van der Waals surface area contributed by atoms with Gasteiger partial charge in [0.25, 0.3) is 5.91 Å². The molecule has 3 rings (SSSR count). The standard InChI is InChI=1S/C18H18N2O3/c1-20(14-6-4-3-5-7-14)18(21)17-12-16(19-23-17)13-8-10-15(22-2)11-9-13/h3-11,17H,12H2,1-2H3/t17-/m1/s1. The van der Waals surface area contributed by atoms with Crippen LogP contribution in [-0.4, -0.2) is 31.9 Å². The van der Waals surface area contributed by atoms with Crippen molar-refractivity contribution in [2.24, 2.45) is 5.16 Å². The SMILES string of the molecule is COc1ccc(C2=NO[C@@H](C(=O)N(C)c3ccccc3)C2)cc1. The second-order valence-corrected chi connectivity index (χ2v) is 5.30. The van der Waals surface area contributed by atoms with Gasteiger partial charge in [0.1, 0.15) is 5.75 Å². The van der Waals surface area contributed by atoms with Gasteiger partial charge in [0.05, 0.1) is 12.8 Å². The van der Waals surface area contributed by atoms with Crippen LogP contribution < -0.4 is 9.64 Å². The molecular formula is C18H18N2O3. The van der Waals surface area contributed by atoms with Gasteiger partial charge < -0.3 is 14.5 Å². The highest BCUT2D eigenvalue weighted by Crippen LogP contribution is 2.22. The molecule has 1 amide bonds. The van der Waals surface area contributed by atoms with Gasteiger partial charge in [-0.05, 0) is 42.0 Å². The molecular weight excluding hydrogens is 292 g/mol. The number of carbonyl (C=O) groups excluding carboxylic acids is 1. The van der Waals surface area contributed by atoms with Gasteiger partial charge in [-0.1, -0.05) is 23.4 Å². The van der Waals surface area contributed by atoms with Crippen LogP contribution in [0, 0.1) is 0 Å². The first kappa shape index (κ1) is 15.1. The lowest BCUT2D eigenvalue weighted by Crippen LogP contribution is -2.36. The molecule has 5 nitrogen and oxygen atoms in total. The van der Waals surface area contributed by atoms with Crippen LogP contribution in [0.4, 0.5) is 5.69 Å². The zero-order chi connectivity index (χ0) is 16.2. The first-order chi connectivity index (χ1) is 11.2. The number of ether oxygens (including phenoxy) is 1. The van der Waals surface area contributed by atoms with Crippen molar-refractivity contribution in [3.63, 3.8) is 0 Å². The third-order valence-corrected chi connectivity index (χ3v) is 3.84. The van der Waals surface area contributed by atoms with E-state index in [1.165, 1.54) is 0 Å². The summed E-state index contributed by atoms with van der Waals surface area (Å²) in [6.07, 6.45) is -0.125. The third-order valence-electron chi connectivity index (χ3n) is 3.84. The second-order valence-electron chi connectivity index (χ2n) is 5.30. The number of hydrogen-bond acceptors (Lipinski definition) is 4. The Morgan fingerprint density at radius 2 is 1.87 bits per heavy atom. The van der Waals surface area contributed by atoms with Crippen molar-refractivity contribution < 1.29 is 14.4 Å². The van der Waals surface area contributed by atoms with E-state index in [4.69, 9.17) is 9.57 Å². The van der Waals surface area contributed by atoms with E-state index in [9.17, 15) is 4.79 Å². The number of oxime groups is 1. The summed E-state index contributed by atoms with van der Waals surface area (Å²) in [5.74, 6) is 0.674. The van der Waals surface area contributed by atoms with E-state index in [1.54, 1.807) is 19.1 Å². The predicted octanol–water partition coefficient (Wildman–Crippen LogP) is 2.85. The van der Waals surface area contributed by atoms with Gasteiger partial charge in [-0.15, -0.1) is 0 Å². The highest BCUT2D eigenvalue weighted by atomic mass is 16.6. The minimum atomic E-state index is -0.586. The molecule has 23 heavy (non-hydrogen) atoms. The summed E-state index contributed by atoms with van der Waals surface area (Å²) in [4.78, 5) is 19.5. The number of para-hydroxylation sites is 1. The summed E-state index contributed by atoms with van der Waals surface area (Å²) in [6.45, 7) is 0. The highest BCUT2D eigenvalue weighted by Gasteiger charge is 2.31. The van der Waals surface area contributed by atoms with Crippen LogP contribution in [0.25, 0.3) is 0 Å². The first-order valence-corrected chi connectivity index (χ1v) is 7.39. The van der Waals surface area contributed by atoms with Crippen LogP contribution in [0.2, 0.25) is 0 Å². The monoisotopic (exact) mass is 310 g/mol. The number of hydrogen-bond donors (Lipinski definition) is 0. The zero-order valence-electron chi connectivity index (χ0n) is 13.1. The average molecular weight is 310 g/mol. The topological polar surface area (TPSA) is 51.1 Å². The van der Waals surface area contributed by atoms with Crippen molar-refractivity contribution in [3.05, 3.63) is 60.2 Å². The Labute approximate surface area is 135 Å². The maximum atomic E-state index is 12.5. The molecule has 5 heteroatoms. The molecule has 0 N–H and O–H groups in total. The number of likely N-dealkylation sites (N-methyl/N-ethyl adjacent to an activating group) is 1. The van der Waals surface area contributed by atoms with Gasteiger partial charge in [-0.2, -0.15) is 0 Å². The molecule has 0 unspecified atom stereocenters. The molecule has 2 aromatic rings. The van der Waals surface area contributed by atoms with Gasteiger partial charge in [0.2, 0.25) is 6.10 Å². The Hall–Kier alpha value is -2.82. The molecule has 2 aromatic carbocycles. The summed E-state index contributed by atoms with van der Waals surface area (Å²) in [5, 5.41) is 4.07. The summed E-state index contributed by atoms with van der Waals surface area (Å²) < 4.78 is 5.14. The van der Waals surface area contributed by atoms with E-state index in [2.05, 4.69) is 5.16 Å². The third kappa shape index (κ3) is 3.18. The number of rotatable bonds is 4. The summed E-state index contributed by atoms with van der Waals surface area (Å²) >= 11 is 0. The molecule has 0 aromatic heterocycles. The van der Waals surface area contributed by atoms with Gasteiger partial charge in [0, 0.05) is 19.2 Å². The minimum Gasteiger partial charge on any atom is -0.497 e. The second kappa shape index (κ2) is 6.52. The van der Waals surface area contributed by atoms with Crippen molar-refractivity contribution in [3.8, 4) is 5.75 Å².